The van der Waals surface area contributed by atoms with Gasteiger partial charge in [-0.2, -0.15) is 0 Å². The number of hydrogen-bond donors (Lipinski definition) is 0. The van der Waals surface area contributed by atoms with Crippen LogP contribution in [0, 0.1) is 0 Å². The summed E-state index contributed by atoms with van der Waals surface area (Å²) in [4.78, 5) is 0. The molecule has 0 saturated heterocycles. The second-order valence-electron chi connectivity index (χ2n) is 4.32. The monoisotopic (exact) mass is 222 g/mol. The summed E-state index contributed by atoms with van der Waals surface area (Å²) >= 11 is 0. The molecule has 0 bridgehead atoms. The van der Waals surface area contributed by atoms with Gasteiger partial charge in [0.1, 0.15) is 0 Å². The summed E-state index contributed by atoms with van der Waals surface area (Å²) in [6.45, 7) is 2.23. The summed E-state index contributed by atoms with van der Waals surface area (Å²) in [7, 11) is 0. The largest absolute Gasteiger partial charge is 0.0835 e. The van der Waals surface area contributed by atoms with E-state index in [0.29, 0.717) is 5.92 Å². The second-order valence-corrected chi connectivity index (χ2v) is 4.32. The zero-order chi connectivity index (χ0) is 11.9. The van der Waals surface area contributed by atoms with Crippen molar-refractivity contribution >= 4 is 0 Å². The highest BCUT2D eigenvalue weighted by molar-refractivity contribution is 5.24. The molecule has 0 aliphatic heterocycles. The first-order valence-corrected chi connectivity index (χ1v) is 6.12. The minimum absolute atomic E-state index is 0.486. The van der Waals surface area contributed by atoms with Crippen molar-refractivity contribution in [3.8, 4) is 0 Å². The lowest BCUT2D eigenvalue weighted by Gasteiger charge is -2.05. The van der Waals surface area contributed by atoms with E-state index in [1.165, 1.54) is 11.1 Å². The summed E-state index contributed by atoms with van der Waals surface area (Å²) in [6.07, 6.45) is 5.55. The summed E-state index contributed by atoms with van der Waals surface area (Å²) < 4.78 is 0. The molecule has 0 aliphatic carbocycles. The molecule has 2 aromatic carbocycles. The Morgan fingerprint density at radius 3 is 2.12 bits per heavy atom. The van der Waals surface area contributed by atoms with Crippen LogP contribution in [0.3, 0.4) is 0 Å². The molecule has 2 aromatic rings. The number of allylic oxidation sites excluding steroid dienone is 2. The maximum atomic E-state index is 2.28. The van der Waals surface area contributed by atoms with Crippen molar-refractivity contribution in [3.63, 3.8) is 0 Å². The molecular weight excluding hydrogens is 204 g/mol. The van der Waals surface area contributed by atoms with Crippen molar-refractivity contribution in [1.29, 1.82) is 0 Å². The van der Waals surface area contributed by atoms with Gasteiger partial charge < -0.3 is 0 Å². The van der Waals surface area contributed by atoms with Gasteiger partial charge in [0.2, 0.25) is 0 Å². The predicted molar refractivity (Wildman–Crippen MR) is 74.1 cm³/mol. The first kappa shape index (κ1) is 11.7. The average molecular weight is 222 g/mol. The van der Waals surface area contributed by atoms with E-state index < -0.39 is 0 Å². The standard InChI is InChI=1S/C17H18/c1-15(17-13-6-3-7-14-17)9-8-12-16-10-4-2-5-11-16/h2-11,13-15H,12H2,1H3. The second kappa shape index (κ2) is 6.05. The summed E-state index contributed by atoms with van der Waals surface area (Å²) in [5.74, 6) is 0.486. The van der Waals surface area contributed by atoms with Crippen LogP contribution in [0.25, 0.3) is 0 Å². The minimum Gasteiger partial charge on any atom is -0.0835 e. The molecule has 0 N–H and O–H groups in total. The maximum absolute atomic E-state index is 2.28. The van der Waals surface area contributed by atoms with E-state index in [1.807, 2.05) is 0 Å². The fourth-order valence-electron chi connectivity index (χ4n) is 1.89. The van der Waals surface area contributed by atoms with Crippen LogP contribution in [0.4, 0.5) is 0 Å². The van der Waals surface area contributed by atoms with Crippen LogP contribution in [0.15, 0.2) is 72.8 Å². The molecule has 0 radical (unpaired) electrons. The molecule has 0 heteroatoms. The van der Waals surface area contributed by atoms with Crippen molar-refractivity contribution in [2.75, 3.05) is 0 Å². The molecule has 0 fully saturated rings. The van der Waals surface area contributed by atoms with Crippen LogP contribution in [0.2, 0.25) is 0 Å². The van der Waals surface area contributed by atoms with Gasteiger partial charge in [0.05, 0.1) is 0 Å². The van der Waals surface area contributed by atoms with E-state index in [-0.39, 0.29) is 0 Å². The zero-order valence-electron chi connectivity index (χ0n) is 10.2. The lowest BCUT2D eigenvalue weighted by Crippen LogP contribution is -1.88. The van der Waals surface area contributed by atoms with Crippen LogP contribution in [-0.4, -0.2) is 0 Å². The Morgan fingerprint density at radius 2 is 1.47 bits per heavy atom. The Hall–Kier alpha value is -1.82. The van der Waals surface area contributed by atoms with Crippen LogP contribution in [0.5, 0.6) is 0 Å². The summed E-state index contributed by atoms with van der Waals surface area (Å²) in [5, 5.41) is 0. The van der Waals surface area contributed by atoms with Gasteiger partial charge in [0, 0.05) is 0 Å². The molecule has 2 rings (SSSR count). The van der Waals surface area contributed by atoms with Gasteiger partial charge in [0.15, 0.2) is 0 Å². The van der Waals surface area contributed by atoms with E-state index in [4.69, 9.17) is 0 Å². The van der Waals surface area contributed by atoms with Crippen LogP contribution < -0.4 is 0 Å². The molecule has 86 valence electrons. The highest BCUT2D eigenvalue weighted by atomic mass is 14.0. The Morgan fingerprint density at radius 1 is 0.882 bits per heavy atom. The third kappa shape index (κ3) is 3.60. The Kier molecular flexibility index (Phi) is 4.15. The van der Waals surface area contributed by atoms with E-state index in [0.717, 1.165) is 6.42 Å². The topological polar surface area (TPSA) is 0 Å². The van der Waals surface area contributed by atoms with Crippen molar-refractivity contribution in [2.45, 2.75) is 19.3 Å². The minimum atomic E-state index is 0.486. The highest BCUT2D eigenvalue weighted by Crippen LogP contribution is 2.16. The molecule has 0 amide bonds. The number of hydrogen-bond acceptors (Lipinski definition) is 0. The first-order chi connectivity index (χ1) is 8.36. The molecule has 0 spiro atoms. The Labute approximate surface area is 104 Å². The van der Waals surface area contributed by atoms with Crippen molar-refractivity contribution < 1.29 is 0 Å². The Bertz CT molecular complexity index is 454. The zero-order valence-corrected chi connectivity index (χ0v) is 10.2. The van der Waals surface area contributed by atoms with Crippen LogP contribution in [0.1, 0.15) is 24.0 Å². The van der Waals surface area contributed by atoms with Gasteiger partial charge in [-0.05, 0) is 23.5 Å². The molecular formula is C17H18. The van der Waals surface area contributed by atoms with E-state index in [1.54, 1.807) is 0 Å². The quantitative estimate of drug-likeness (QED) is 0.664. The van der Waals surface area contributed by atoms with Crippen LogP contribution >= 0.6 is 0 Å². The van der Waals surface area contributed by atoms with Gasteiger partial charge in [-0.1, -0.05) is 79.7 Å². The lowest BCUT2D eigenvalue weighted by molar-refractivity contribution is 0.959. The maximum Gasteiger partial charge on any atom is -0.00103 e. The Balaban J connectivity index is 1.93. The molecule has 1 atom stereocenters. The number of benzene rings is 2. The summed E-state index contributed by atoms with van der Waals surface area (Å²) in [5.41, 5.74) is 2.74. The summed E-state index contributed by atoms with van der Waals surface area (Å²) in [6, 6.07) is 21.2. The average Bonchev–Trinajstić information content (AvgIpc) is 2.41. The first-order valence-electron chi connectivity index (χ1n) is 6.12. The molecule has 0 nitrogen and oxygen atoms in total. The van der Waals surface area contributed by atoms with Crippen LogP contribution in [-0.2, 0) is 6.42 Å². The van der Waals surface area contributed by atoms with Gasteiger partial charge in [-0.15, -0.1) is 0 Å². The third-order valence-corrected chi connectivity index (χ3v) is 2.95. The lowest BCUT2D eigenvalue weighted by atomic mass is 10.00. The highest BCUT2D eigenvalue weighted by Gasteiger charge is 1.98. The molecule has 0 aromatic heterocycles. The van der Waals surface area contributed by atoms with Gasteiger partial charge in [0.25, 0.3) is 0 Å². The van der Waals surface area contributed by atoms with Crippen molar-refractivity contribution in [1.82, 2.24) is 0 Å². The molecule has 0 saturated carbocycles. The predicted octanol–water partition coefficient (Wildman–Crippen LogP) is 4.59. The smallest absolute Gasteiger partial charge is 0.00103 e. The van der Waals surface area contributed by atoms with Gasteiger partial charge >= 0.3 is 0 Å². The van der Waals surface area contributed by atoms with Crippen molar-refractivity contribution in [2.24, 2.45) is 0 Å². The SMILES string of the molecule is CC(C=CCc1ccccc1)c1ccccc1. The normalized spacial score (nSPS) is 12.8. The number of rotatable bonds is 4. The molecule has 17 heavy (non-hydrogen) atoms. The third-order valence-electron chi connectivity index (χ3n) is 2.95. The molecule has 0 aliphatic rings. The van der Waals surface area contributed by atoms with Gasteiger partial charge in [-0.3, -0.25) is 0 Å². The van der Waals surface area contributed by atoms with E-state index in [2.05, 4.69) is 79.7 Å². The molecule has 1 unspecified atom stereocenters. The van der Waals surface area contributed by atoms with Crippen molar-refractivity contribution in [3.05, 3.63) is 83.9 Å². The van der Waals surface area contributed by atoms with Gasteiger partial charge in [-0.25, -0.2) is 0 Å². The fraction of sp³-hybridized carbons (Fsp3) is 0.176. The van der Waals surface area contributed by atoms with E-state index in [9.17, 15) is 0 Å². The fourth-order valence-corrected chi connectivity index (χ4v) is 1.89. The van der Waals surface area contributed by atoms with E-state index >= 15 is 0 Å². The molecule has 0 heterocycles.